The van der Waals surface area contributed by atoms with Gasteiger partial charge < -0.3 is 0 Å². The van der Waals surface area contributed by atoms with Gasteiger partial charge in [-0.2, -0.15) is 4.39 Å². The number of carbonyl (C=O) groups excluding carboxylic acids is 1. The zero-order chi connectivity index (χ0) is 15.7. The van der Waals surface area contributed by atoms with Crippen LogP contribution in [0.5, 0.6) is 0 Å². The zero-order valence-electron chi connectivity index (χ0n) is 12.4. The molecule has 0 heterocycles. The minimum absolute atomic E-state index is 0.177. The van der Waals surface area contributed by atoms with Gasteiger partial charge in [-0.1, -0.05) is 54.1 Å². The van der Waals surface area contributed by atoms with Gasteiger partial charge in [-0.25, -0.2) is 0 Å². The molecule has 0 amide bonds. The van der Waals surface area contributed by atoms with Gasteiger partial charge in [0.1, 0.15) is 0 Å². The monoisotopic (exact) mass is 282 g/mol. The first-order chi connectivity index (χ1) is 10.1. The molecule has 108 valence electrons. The topological polar surface area (TPSA) is 17.1 Å². The molecule has 0 unspecified atom stereocenters. The third-order valence-corrected chi connectivity index (χ3v) is 2.90. The Labute approximate surface area is 125 Å². The molecule has 21 heavy (non-hydrogen) atoms. The highest BCUT2D eigenvalue weighted by Crippen LogP contribution is 2.19. The summed E-state index contributed by atoms with van der Waals surface area (Å²) >= 11 is 0. The Morgan fingerprint density at radius 3 is 2.52 bits per heavy atom. The lowest BCUT2D eigenvalue weighted by atomic mass is 10.0. The SMILES string of the molecule is C#CC/C=C(C)/C=C(\C=C/C)c1ccc(CC(=O)F)cc1. The second kappa shape index (κ2) is 8.71. The molecule has 0 aliphatic carbocycles. The molecule has 0 aromatic heterocycles. The highest BCUT2D eigenvalue weighted by molar-refractivity contribution is 5.76. The first-order valence-electron chi connectivity index (χ1n) is 6.79. The maximum Gasteiger partial charge on any atom is 0.305 e. The number of halogens is 1. The lowest BCUT2D eigenvalue weighted by Crippen LogP contribution is -1.94. The summed E-state index contributed by atoms with van der Waals surface area (Å²) in [7, 11) is 0. The Kier molecular flexibility index (Phi) is 6.91. The van der Waals surface area contributed by atoms with Crippen molar-refractivity contribution in [2.24, 2.45) is 0 Å². The van der Waals surface area contributed by atoms with Crippen LogP contribution in [0.25, 0.3) is 5.57 Å². The van der Waals surface area contributed by atoms with E-state index in [1.807, 2.05) is 50.3 Å². The average Bonchev–Trinajstić information content (AvgIpc) is 2.45. The van der Waals surface area contributed by atoms with Crippen molar-refractivity contribution >= 4 is 11.6 Å². The van der Waals surface area contributed by atoms with E-state index in [-0.39, 0.29) is 6.42 Å². The summed E-state index contributed by atoms with van der Waals surface area (Å²) in [4.78, 5) is 10.5. The fourth-order valence-corrected chi connectivity index (χ4v) is 1.91. The van der Waals surface area contributed by atoms with Crippen LogP contribution in [0.3, 0.4) is 0 Å². The Hall–Kier alpha value is -2.40. The molecular weight excluding hydrogens is 263 g/mol. The molecule has 0 spiro atoms. The maximum absolute atomic E-state index is 12.4. The average molecular weight is 282 g/mol. The highest BCUT2D eigenvalue weighted by atomic mass is 19.1. The molecule has 1 rings (SSSR count). The molecule has 0 N–H and O–H groups in total. The summed E-state index contributed by atoms with van der Waals surface area (Å²) in [5, 5.41) is 0. The van der Waals surface area contributed by atoms with Crippen LogP contribution >= 0.6 is 0 Å². The number of terminal acetylenes is 1. The van der Waals surface area contributed by atoms with Crippen molar-refractivity contribution in [2.45, 2.75) is 26.7 Å². The Balaban J connectivity index is 3.04. The van der Waals surface area contributed by atoms with Gasteiger partial charge in [-0.3, -0.25) is 4.79 Å². The van der Waals surface area contributed by atoms with Gasteiger partial charge in [0, 0.05) is 6.42 Å². The lowest BCUT2D eigenvalue weighted by molar-refractivity contribution is -0.128. The van der Waals surface area contributed by atoms with E-state index in [0.29, 0.717) is 12.0 Å². The van der Waals surface area contributed by atoms with Gasteiger partial charge in [0.05, 0.1) is 6.42 Å². The van der Waals surface area contributed by atoms with Crippen molar-refractivity contribution in [3.8, 4) is 12.3 Å². The van der Waals surface area contributed by atoms with Crippen LogP contribution in [0.15, 0.2) is 54.1 Å². The number of hydrogen-bond acceptors (Lipinski definition) is 1. The molecule has 1 nitrogen and oxygen atoms in total. The van der Waals surface area contributed by atoms with Crippen LogP contribution in [0.4, 0.5) is 4.39 Å². The second-order valence-corrected chi connectivity index (χ2v) is 4.68. The van der Waals surface area contributed by atoms with Crippen LogP contribution in [0.1, 0.15) is 31.4 Å². The highest BCUT2D eigenvalue weighted by Gasteiger charge is 2.03. The van der Waals surface area contributed by atoms with E-state index in [0.717, 1.165) is 16.7 Å². The minimum Gasteiger partial charge on any atom is -0.261 e. The van der Waals surface area contributed by atoms with Crippen LogP contribution in [-0.2, 0) is 11.2 Å². The molecule has 1 aromatic carbocycles. The molecule has 2 heteroatoms. The van der Waals surface area contributed by atoms with Gasteiger partial charge in [-0.15, -0.1) is 12.3 Å². The van der Waals surface area contributed by atoms with Gasteiger partial charge in [0.2, 0.25) is 0 Å². The summed E-state index contributed by atoms with van der Waals surface area (Å²) in [5.74, 6) is 2.58. The summed E-state index contributed by atoms with van der Waals surface area (Å²) < 4.78 is 12.4. The van der Waals surface area contributed by atoms with E-state index < -0.39 is 6.04 Å². The van der Waals surface area contributed by atoms with Gasteiger partial charge in [0.15, 0.2) is 0 Å². The van der Waals surface area contributed by atoms with Gasteiger partial charge >= 0.3 is 6.04 Å². The van der Waals surface area contributed by atoms with E-state index in [1.165, 1.54) is 0 Å². The molecule has 0 bridgehead atoms. The summed E-state index contributed by atoms with van der Waals surface area (Å²) in [6, 6.07) is 5.99. The van der Waals surface area contributed by atoms with Crippen molar-refractivity contribution in [3.05, 3.63) is 65.3 Å². The lowest BCUT2D eigenvalue weighted by Gasteiger charge is -2.05. The van der Waals surface area contributed by atoms with Gasteiger partial charge in [0.25, 0.3) is 0 Å². The van der Waals surface area contributed by atoms with Crippen LogP contribution in [0.2, 0.25) is 0 Å². The molecule has 0 radical (unpaired) electrons. The van der Waals surface area contributed by atoms with Crippen molar-refractivity contribution in [2.75, 3.05) is 0 Å². The fourth-order valence-electron chi connectivity index (χ4n) is 1.91. The number of carbonyl (C=O) groups is 1. The molecule has 1 aromatic rings. The first-order valence-corrected chi connectivity index (χ1v) is 6.79. The van der Waals surface area contributed by atoms with E-state index in [2.05, 4.69) is 5.92 Å². The third-order valence-electron chi connectivity index (χ3n) is 2.90. The zero-order valence-corrected chi connectivity index (χ0v) is 12.4. The predicted molar refractivity (Wildman–Crippen MR) is 86.3 cm³/mol. The normalized spacial score (nSPS) is 12.5. The van der Waals surface area contributed by atoms with Crippen molar-refractivity contribution in [1.82, 2.24) is 0 Å². The standard InChI is InChI=1S/C19H19FO/c1-4-6-8-15(3)13-18(7-5-2)17-11-9-16(10-12-17)14-19(20)21/h1,5,7-13H,6,14H2,2-3H3/b7-5-,15-8+,18-13+. The Morgan fingerprint density at radius 2 is 2.00 bits per heavy atom. The number of rotatable bonds is 6. The van der Waals surface area contributed by atoms with Crippen LogP contribution in [-0.4, -0.2) is 6.04 Å². The van der Waals surface area contributed by atoms with Crippen molar-refractivity contribution < 1.29 is 9.18 Å². The fraction of sp³-hybridized carbons (Fsp3) is 0.211. The largest absolute Gasteiger partial charge is 0.305 e. The molecule has 0 saturated carbocycles. The smallest absolute Gasteiger partial charge is 0.261 e. The summed E-state index contributed by atoms with van der Waals surface area (Å²) in [6.07, 6.45) is 13.7. The molecule has 0 atom stereocenters. The van der Waals surface area contributed by atoms with Crippen molar-refractivity contribution in [3.63, 3.8) is 0 Å². The van der Waals surface area contributed by atoms with Crippen LogP contribution < -0.4 is 0 Å². The molecule has 0 aliphatic heterocycles. The van der Waals surface area contributed by atoms with Gasteiger partial charge in [-0.05, 0) is 30.5 Å². The van der Waals surface area contributed by atoms with Crippen LogP contribution in [0, 0.1) is 12.3 Å². The first kappa shape index (κ1) is 16.7. The van der Waals surface area contributed by atoms with E-state index in [1.54, 1.807) is 12.1 Å². The summed E-state index contributed by atoms with van der Waals surface area (Å²) in [6.45, 7) is 3.95. The second-order valence-electron chi connectivity index (χ2n) is 4.68. The Morgan fingerprint density at radius 1 is 1.33 bits per heavy atom. The molecule has 0 saturated heterocycles. The van der Waals surface area contributed by atoms with E-state index in [4.69, 9.17) is 6.42 Å². The number of allylic oxidation sites excluding steroid dienone is 6. The van der Waals surface area contributed by atoms with Crippen molar-refractivity contribution in [1.29, 1.82) is 0 Å². The minimum atomic E-state index is -1.32. The Bertz CT molecular complexity index is 610. The molecular formula is C19H19FO. The number of benzene rings is 1. The molecule has 0 fully saturated rings. The quantitative estimate of drug-likeness (QED) is 0.421. The predicted octanol–water partition coefficient (Wildman–Crippen LogP) is 4.65. The molecule has 0 aliphatic rings. The van der Waals surface area contributed by atoms with E-state index in [9.17, 15) is 9.18 Å². The third kappa shape index (κ3) is 6.05. The summed E-state index contributed by atoms with van der Waals surface area (Å²) in [5.41, 5.74) is 3.81. The number of hydrogen-bond donors (Lipinski definition) is 0. The van der Waals surface area contributed by atoms with E-state index >= 15 is 0 Å². The maximum atomic E-state index is 12.4.